The van der Waals surface area contributed by atoms with Gasteiger partial charge in [0.1, 0.15) is 5.82 Å². The van der Waals surface area contributed by atoms with E-state index in [2.05, 4.69) is 5.32 Å². The van der Waals surface area contributed by atoms with Crippen molar-refractivity contribution in [2.45, 2.75) is 13.5 Å². The lowest BCUT2D eigenvalue weighted by Crippen LogP contribution is -2.04. The zero-order chi connectivity index (χ0) is 14.7. The van der Waals surface area contributed by atoms with Crippen LogP contribution in [0.5, 0.6) is 0 Å². The Labute approximate surface area is 120 Å². The van der Waals surface area contributed by atoms with Gasteiger partial charge in [0.15, 0.2) is 0 Å². The molecule has 0 aromatic heterocycles. The van der Waals surface area contributed by atoms with Gasteiger partial charge in [0.2, 0.25) is 0 Å². The van der Waals surface area contributed by atoms with E-state index in [9.17, 15) is 14.5 Å². The van der Waals surface area contributed by atoms with E-state index in [1.54, 1.807) is 25.1 Å². The Morgan fingerprint density at radius 1 is 1.35 bits per heavy atom. The highest BCUT2D eigenvalue weighted by atomic mass is 35.5. The lowest BCUT2D eigenvalue weighted by Gasteiger charge is -2.09. The number of anilines is 1. The van der Waals surface area contributed by atoms with Gasteiger partial charge in [0, 0.05) is 18.3 Å². The summed E-state index contributed by atoms with van der Waals surface area (Å²) >= 11 is 5.99. The predicted molar refractivity (Wildman–Crippen MR) is 76.6 cm³/mol. The van der Waals surface area contributed by atoms with E-state index in [1.165, 1.54) is 18.2 Å². The van der Waals surface area contributed by atoms with Gasteiger partial charge in [0.25, 0.3) is 5.69 Å². The van der Waals surface area contributed by atoms with E-state index >= 15 is 0 Å². The Morgan fingerprint density at radius 2 is 2.10 bits per heavy atom. The second-order valence-corrected chi connectivity index (χ2v) is 4.72. The molecule has 2 aromatic rings. The van der Waals surface area contributed by atoms with Crippen LogP contribution in [-0.2, 0) is 6.54 Å². The van der Waals surface area contributed by atoms with Crippen LogP contribution in [0.2, 0.25) is 5.02 Å². The molecule has 0 aliphatic heterocycles. The van der Waals surface area contributed by atoms with Crippen LogP contribution in [0.3, 0.4) is 0 Å². The first-order valence-electron chi connectivity index (χ1n) is 5.91. The molecule has 0 heterocycles. The fourth-order valence-electron chi connectivity index (χ4n) is 1.84. The maximum atomic E-state index is 13.2. The second kappa shape index (κ2) is 5.88. The van der Waals surface area contributed by atoms with Crippen molar-refractivity contribution in [1.29, 1.82) is 0 Å². The van der Waals surface area contributed by atoms with E-state index in [0.29, 0.717) is 21.8 Å². The van der Waals surface area contributed by atoms with Gasteiger partial charge in [-0.2, -0.15) is 0 Å². The summed E-state index contributed by atoms with van der Waals surface area (Å²) in [4.78, 5) is 10.5. The summed E-state index contributed by atoms with van der Waals surface area (Å²) in [7, 11) is 0. The lowest BCUT2D eigenvalue weighted by molar-refractivity contribution is -0.385. The average Bonchev–Trinajstić information content (AvgIpc) is 2.40. The molecule has 0 fully saturated rings. The first-order valence-corrected chi connectivity index (χ1v) is 6.28. The number of halogens is 2. The van der Waals surface area contributed by atoms with Crippen LogP contribution < -0.4 is 5.32 Å². The smallest absolute Gasteiger partial charge is 0.275 e. The fraction of sp³-hybridized carbons (Fsp3) is 0.143. The Kier molecular flexibility index (Phi) is 4.20. The summed E-state index contributed by atoms with van der Waals surface area (Å²) < 4.78 is 13.2. The Hall–Kier alpha value is -2.14. The van der Waals surface area contributed by atoms with Gasteiger partial charge in [-0.3, -0.25) is 10.1 Å². The highest BCUT2D eigenvalue weighted by Gasteiger charge is 2.16. The van der Waals surface area contributed by atoms with E-state index in [-0.39, 0.29) is 18.0 Å². The third-order valence-electron chi connectivity index (χ3n) is 2.92. The standard InChI is InChI=1S/C14H12ClFN2O2/c1-9-7-10(5-6-13(9)16)17-8-11-12(15)3-2-4-14(11)18(19)20/h2-7,17H,8H2,1H3. The van der Waals surface area contributed by atoms with Crippen molar-refractivity contribution < 1.29 is 9.31 Å². The Bertz CT molecular complexity index is 662. The third-order valence-corrected chi connectivity index (χ3v) is 3.27. The second-order valence-electron chi connectivity index (χ2n) is 4.31. The average molecular weight is 295 g/mol. The minimum absolute atomic E-state index is 0.0381. The van der Waals surface area contributed by atoms with Crippen LogP contribution >= 0.6 is 11.6 Å². The summed E-state index contributed by atoms with van der Waals surface area (Å²) in [6.07, 6.45) is 0. The largest absolute Gasteiger partial charge is 0.381 e. The van der Waals surface area contributed by atoms with Crippen LogP contribution in [0.25, 0.3) is 0 Å². The molecule has 6 heteroatoms. The first kappa shape index (κ1) is 14.3. The number of nitrogens with zero attached hydrogens (tertiary/aromatic N) is 1. The number of nitrogens with one attached hydrogen (secondary N) is 1. The molecule has 0 radical (unpaired) electrons. The van der Waals surface area contributed by atoms with Crippen molar-refractivity contribution in [3.05, 3.63) is 68.5 Å². The molecule has 1 N–H and O–H groups in total. The maximum Gasteiger partial charge on any atom is 0.275 e. The molecule has 0 unspecified atom stereocenters. The molecule has 20 heavy (non-hydrogen) atoms. The molecule has 0 bridgehead atoms. The van der Waals surface area contributed by atoms with Gasteiger partial charge in [-0.25, -0.2) is 4.39 Å². The highest BCUT2D eigenvalue weighted by Crippen LogP contribution is 2.27. The Morgan fingerprint density at radius 3 is 2.75 bits per heavy atom. The van der Waals surface area contributed by atoms with Crippen molar-refractivity contribution >= 4 is 23.0 Å². The summed E-state index contributed by atoms with van der Waals surface area (Å²) in [5.41, 5.74) is 1.55. The zero-order valence-electron chi connectivity index (χ0n) is 10.7. The van der Waals surface area contributed by atoms with Gasteiger partial charge in [-0.05, 0) is 36.8 Å². The first-order chi connectivity index (χ1) is 9.49. The van der Waals surface area contributed by atoms with Gasteiger partial charge >= 0.3 is 0 Å². The molecule has 0 saturated carbocycles. The summed E-state index contributed by atoms with van der Waals surface area (Å²) in [6.45, 7) is 1.85. The van der Waals surface area contributed by atoms with Crippen LogP contribution in [0, 0.1) is 22.9 Å². The molecule has 2 rings (SSSR count). The van der Waals surface area contributed by atoms with Crippen LogP contribution in [0.15, 0.2) is 36.4 Å². The molecule has 0 amide bonds. The minimum atomic E-state index is -0.473. The summed E-state index contributed by atoms with van der Waals surface area (Å²) in [6, 6.07) is 9.09. The minimum Gasteiger partial charge on any atom is -0.381 e. The van der Waals surface area contributed by atoms with Crippen LogP contribution in [-0.4, -0.2) is 4.92 Å². The zero-order valence-corrected chi connectivity index (χ0v) is 11.4. The van der Waals surface area contributed by atoms with E-state index < -0.39 is 4.92 Å². The topological polar surface area (TPSA) is 55.2 Å². The summed E-state index contributed by atoms with van der Waals surface area (Å²) in [5.74, 6) is -0.292. The molecule has 0 aliphatic rings. The molecule has 0 aliphatic carbocycles. The van der Waals surface area contributed by atoms with Gasteiger partial charge in [-0.1, -0.05) is 17.7 Å². The molecule has 0 atom stereocenters. The van der Waals surface area contributed by atoms with Crippen molar-refractivity contribution in [2.24, 2.45) is 0 Å². The normalized spacial score (nSPS) is 10.3. The molecule has 0 saturated heterocycles. The Balaban J connectivity index is 2.22. The van der Waals surface area contributed by atoms with E-state index in [1.807, 2.05) is 0 Å². The molecule has 0 spiro atoms. The van der Waals surface area contributed by atoms with Crippen LogP contribution in [0.4, 0.5) is 15.8 Å². The third kappa shape index (κ3) is 3.05. The van der Waals surface area contributed by atoms with E-state index in [4.69, 9.17) is 11.6 Å². The molecule has 4 nitrogen and oxygen atoms in total. The van der Waals surface area contributed by atoms with Crippen molar-refractivity contribution in [3.8, 4) is 0 Å². The number of hydrogen-bond donors (Lipinski definition) is 1. The van der Waals surface area contributed by atoms with Crippen molar-refractivity contribution in [3.63, 3.8) is 0 Å². The number of benzene rings is 2. The number of aryl methyl sites for hydroxylation is 1. The number of rotatable bonds is 4. The highest BCUT2D eigenvalue weighted by molar-refractivity contribution is 6.31. The summed E-state index contributed by atoms with van der Waals surface area (Å²) in [5, 5.41) is 14.3. The number of hydrogen-bond acceptors (Lipinski definition) is 3. The van der Waals surface area contributed by atoms with Gasteiger partial charge in [0.05, 0.1) is 15.5 Å². The lowest BCUT2D eigenvalue weighted by atomic mass is 10.1. The van der Waals surface area contributed by atoms with E-state index in [0.717, 1.165) is 0 Å². The molecular weight excluding hydrogens is 283 g/mol. The maximum absolute atomic E-state index is 13.2. The van der Waals surface area contributed by atoms with Crippen LogP contribution in [0.1, 0.15) is 11.1 Å². The molecular formula is C14H12ClFN2O2. The number of nitro groups is 1. The monoisotopic (exact) mass is 294 g/mol. The molecule has 104 valence electrons. The van der Waals surface area contributed by atoms with Crippen molar-refractivity contribution in [2.75, 3.05) is 5.32 Å². The van der Waals surface area contributed by atoms with Gasteiger partial charge in [-0.15, -0.1) is 0 Å². The SMILES string of the molecule is Cc1cc(NCc2c(Cl)cccc2[N+](=O)[O-])ccc1F. The molecule has 2 aromatic carbocycles. The quantitative estimate of drug-likeness (QED) is 0.675. The van der Waals surface area contributed by atoms with Crippen molar-refractivity contribution in [1.82, 2.24) is 0 Å². The predicted octanol–water partition coefficient (Wildman–Crippen LogP) is 4.31. The van der Waals surface area contributed by atoms with Gasteiger partial charge < -0.3 is 5.32 Å². The number of nitro benzene ring substituents is 1. The fourth-order valence-corrected chi connectivity index (χ4v) is 2.07.